The highest BCUT2D eigenvalue weighted by Gasteiger charge is 2.15. The third-order valence-electron chi connectivity index (χ3n) is 2.09. The van der Waals surface area contributed by atoms with Crippen LogP contribution in [0, 0.1) is 0 Å². The fourth-order valence-electron chi connectivity index (χ4n) is 1.28. The van der Waals surface area contributed by atoms with Crippen molar-refractivity contribution in [3.05, 3.63) is 23.9 Å². The molecule has 1 aromatic heterocycles. The van der Waals surface area contributed by atoms with Gasteiger partial charge in [-0.1, -0.05) is 19.9 Å². The lowest BCUT2D eigenvalue weighted by Crippen LogP contribution is -2.36. The van der Waals surface area contributed by atoms with Gasteiger partial charge in [0.2, 0.25) is 0 Å². The molecule has 1 rings (SSSR count). The number of nitrogens with zero attached hydrogens (tertiary/aromatic N) is 2. The molecule has 18 heavy (non-hydrogen) atoms. The largest absolute Gasteiger partial charge is 0.310 e. The summed E-state index contributed by atoms with van der Waals surface area (Å²) in [6.07, 6.45) is 1.57. The number of nitrogens with one attached hydrogen (secondary N) is 2. The number of pyridine rings is 1. The Morgan fingerprint density at radius 3 is 2.44 bits per heavy atom. The summed E-state index contributed by atoms with van der Waals surface area (Å²) in [4.78, 5) is 6.30. The SMILES string of the molecule is CC(C)NCc1ccc(S(=O)(=O)NN(C)C)nc1. The van der Waals surface area contributed by atoms with Crippen LogP contribution in [0.5, 0.6) is 0 Å². The summed E-state index contributed by atoms with van der Waals surface area (Å²) in [7, 11) is -0.344. The fraction of sp³-hybridized carbons (Fsp3) is 0.545. The second-order valence-electron chi connectivity index (χ2n) is 4.53. The van der Waals surface area contributed by atoms with Gasteiger partial charge in [0.1, 0.15) is 0 Å². The van der Waals surface area contributed by atoms with Crippen molar-refractivity contribution in [3.8, 4) is 0 Å². The Morgan fingerprint density at radius 2 is 2.00 bits per heavy atom. The third kappa shape index (κ3) is 4.69. The molecule has 0 saturated carbocycles. The first-order chi connectivity index (χ1) is 8.31. The zero-order valence-electron chi connectivity index (χ0n) is 11.1. The van der Waals surface area contributed by atoms with Crippen molar-refractivity contribution < 1.29 is 8.42 Å². The van der Waals surface area contributed by atoms with Gasteiger partial charge >= 0.3 is 0 Å². The van der Waals surface area contributed by atoms with Crippen LogP contribution in [0.1, 0.15) is 19.4 Å². The van der Waals surface area contributed by atoms with Crippen molar-refractivity contribution in [1.29, 1.82) is 0 Å². The molecule has 1 aromatic rings. The lowest BCUT2D eigenvalue weighted by Gasteiger charge is -2.12. The molecule has 0 amide bonds. The molecule has 0 fully saturated rings. The van der Waals surface area contributed by atoms with Gasteiger partial charge in [-0.05, 0) is 11.6 Å². The molecule has 0 atom stereocenters. The van der Waals surface area contributed by atoms with Crippen LogP contribution in [0.15, 0.2) is 23.4 Å². The first-order valence-electron chi connectivity index (χ1n) is 5.69. The summed E-state index contributed by atoms with van der Waals surface area (Å²) < 4.78 is 23.6. The molecule has 102 valence electrons. The molecule has 0 aliphatic rings. The maximum atomic E-state index is 11.8. The van der Waals surface area contributed by atoms with Gasteiger partial charge in [0.25, 0.3) is 10.0 Å². The van der Waals surface area contributed by atoms with Crippen LogP contribution in [0.25, 0.3) is 0 Å². The van der Waals surface area contributed by atoms with Gasteiger partial charge < -0.3 is 5.32 Å². The number of aromatic nitrogens is 1. The van der Waals surface area contributed by atoms with E-state index < -0.39 is 10.0 Å². The third-order valence-corrected chi connectivity index (χ3v) is 3.49. The molecule has 0 aliphatic carbocycles. The van der Waals surface area contributed by atoms with Crippen molar-refractivity contribution in [3.63, 3.8) is 0 Å². The summed E-state index contributed by atoms with van der Waals surface area (Å²) in [5.41, 5.74) is 0.951. The first-order valence-corrected chi connectivity index (χ1v) is 7.17. The highest BCUT2D eigenvalue weighted by molar-refractivity contribution is 7.89. The quantitative estimate of drug-likeness (QED) is 0.730. The summed E-state index contributed by atoms with van der Waals surface area (Å²) >= 11 is 0. The van der Waals surface area contributed by atoms with Crippen molar-refractivity contribution >= 4 is 10.0 Å². The van der Waals surface area contributed by atoms with Crippen molar-refractivity contribution in [2.24, 2.45) is 0 Å². The lowest BCUT2D eigenvalue weighted by molar-refractivity contribution is 0.363. The van der Waals surface area contributed by atoms with E-state index in [2.05, 4.69) is 15.1 Å². The normalized spacial score (nSPS) is 12.3. The van der Waals surface area contributed by atoms with Crippen LogP contribution in [0.2, 0.25) is 0 Å². The zero-order valence-corrected chi connectivity index (χ0v) is 12.0. The van der Waals surface area contributed by atoms with Gasteiger partial charge in [0.15, 0.2) is 5.03 Å². The number of hydrogen-bond acceptors (Lipinski definition) is 5. The number of hydrogen-bond donors (Lipinski definition) is 2. The Hall–Kier alpha value is -1.02. The molecular formula is C11H20N4O2S. The summed E-state index contributed by atoms with van der Waals surface area (Å²) in [6.45, 7) is 4.77. The fourth-order valence-corrected chi connectivity index (χ4v) is 2.30. The minimum absolute atomic E-state index is 0.0181. The zero-order chi connectivity index (χ0) is 13.8. The predicted molar refractivity (Wildman–Crippen MR) is 70.2 cm³/mol. The van der Waals surface area contributed by atoms with Crippen LogP contribution in [0.3, 0.4) is 0 Å². The summed E-state index contributed by atoms with van der Waals surface area (Å²) in [5, 5.41) is 4.62. The summed E-state index contributed by atoms with van der Waals surface area (Å²) in [6, 6.07) is 3.64. The molecule has 1 heterocycles. The maximum Gasteiger partial charge on any atom is 0.270 e. The highest BCUT2D eigenvalue weighted by atomic mass is 32.2. The number of rotatable bonds is 6. The minimum Gasteiger partial charge on any atom is -0.310 e. The van der Waals surface area contributed by atoms with E-state index in [1.165, 1.54) is 11.1 Å². The molecular weight excluding hydrogens is 252 g/mol. The van der Waals surface area contributed by atoms with Gasteiger partial charge in [-0.2, -0.15) is 0 Å². The van der Waals surface area contributed by atoms with E-state index in [9.17, 15) is 8.42 Å². The van der Waals surface area contributed by atoms with Crippen LogP contribution in [-0.4, -0.2) is 38.5 Å². The lowest BCUT2D eigenvalue weighted by atomic mass is 10.2. The van der Waals surface area contributed by atoms with Gasteiger partial charge in [0, 0.05) is 32.9 Å². The molecule has 0 radical (unpaired) electrons. The van der Waals surface area contributed by atoms with Crippen LogP contribution in [-0.2, 0) is 16.6 Å². The minimum atomic E-state index is -3.56. The number of sulfonamides is 1. The predicted octanol–water partition coefficient (Wildman–Crippen LogP) is 0.335. The Kier molecular flexibility index (Phi) is 5.21. The van der Waals surface area contributed by atoms with E-state index in [1.54, 1.807) is 26.4 Å². The van der Waals surface area contributed by atoms with Crippen LogP contribution < -0.4 is 10.1 Å². The summed E-state index contributed by atoms with van der Waals surface area (Å²) in [5.74, 6) is 0. The molecule has 0 aromatic carbocycles. The van der Waals surface area contributed by atoms with E-state index in [4.69, 9.17) is 0 Å². The molecule has 0 spiro atoms. The van der Waals surface area contributed by atoms with E-state index in [0.29, 0.717) is 12.6 Å². The topological polar surface area (TPSA) is 74.3 Å². The molecule has 6 nitrogen and oxygen atoms in total. The van der Waals surface area contributed by atoms with Gasteiger partial charge in [0.05, 0.1) is 0 Å². The molecule has 0 aliphatic heterocycles. The highest BCUT2D eigenvalue weighted by Crippen LogP contribution is 2.06. The van der Waals surface area contributed by atoms with Crippen LogP contribution in [0.4, 0.5) is 0 Å². The standard InChI is InChI=1S/C11H20N4O2S/c1-9(2)12-7-10-5-6-11(13-8-10)18(16,17)14-15(3)4/h5-6,8-9,12,14H,7H2,1-4H3. The monoisotopic (exact) mass is 272 g/mol. The van der Waals surface area contributed by atoms with Gasteiger partial charge in [-0.25, -0.2) is 18.4 Å². The molecule has 0 unspecified atom stereocenters. The number of hydrazine groups is 1. The van der Waals surface area contributed by atoms with Crippen molar-refractivity contribution in [1.82, 2.24) is 20.1 Å². The van der Waals surface area contributed by atoms with Crippen molar-refractivity contribution in [2.75, 3.05) is 14.1 Å². The Morgan fingerprint density at radius 1 is 1.33 bits per heavy atom. The van der Waals surface area contributed by atoms with Gasteiger partial charge in [-0.15, -0.1) is 4.83 Å². The van der Waals surface area contributed by atoms with E-state index in [0.717, 1.165) is 5.56 Å². The first kappa shape index (κ1) is 15.0. The van der Waals surface area contributed by atoms with E-state index in [-0.39, 0.29) is 5.03 Å². The smallest absolute Gasteiger partial charge is 0.270 e. The Balaban J connectivity index is 2.76. The second-order valence-corrected chi connectivity index (χ2v) is 6.14. The maximum absolute atomic E-state index is 11.8. The average Bonchev–Trinajstić information content (AvgIpc) is 2.25. The van der Waals surface area contributed by atoms with Gasteiger partial charge in [-0.3, -0.25) is 0 Å². The van der Waals surface area contributed by atoms with Crippen LogP contribution >= 0.6 is 0 Å². The Labute approximate surface area is 108 Å². The van der Waals surface area contributed by atoms with E-state index >= 15 is 0 Å². The Bertz CT molecular complexity index is 468. The molecule has 7 heteroatoms. The molecule has 0 bridgehead atoms. The van der Waals surface area contributed by atoms with Crippen molar-refractivity contribution in [2.45, 2.75) is 31.5 Å². The molecule has 0 saturated heterocycles. The van der Waals surface area contributed by atoms with E-state index in [1.807, 2.05) is 13.8 Å². The molecule has 2 N–H and O–H groups in total. The average molecular weight is 272 g/mol. The second kappa shape index (κ2) is 6.24.